The second-order valence-electron chi connectivity index (χ2n) is 3.17. The van der Waals surface area contributed by atoms with E-state index in [1.54, 1.807) is 0 Å². The Hall–Kier alpha value is -0.0100. The molecule has 0 aliphatic heterocycles. The van der Waals surface area contributed by atoms with Gasteiger partial charge in [0.25, 0.3) is 0 Å². The molecule has 12 heavy (non-hydrogen) atoms. The summed E-state index contributed by atoms with van der Waals surface area (Å²) in [5.41, 5.74) is 0. The van der Waals surface area contributed by atoms with Crippen LogP contribution in [0.5, 0.6) is 0 Å². The number of hydrogen-bond donors (Lipinski definition) is 1. The van der Waals surface area contributed by atoms with Gasteiger partial charge in [-0.3, -0.25) is 0 Å². The van der Waals surface area contributed by atoms with E-state index in [1.165, 1.54) is 25.7 Å². The van der Waals surface area contributed by atoms with Gasteiger partial charge in [-0.05, 0) is 6.42 Å². The number of halogens is 1. The van der Waals surface area contributed by atoms with Crippen molar-refractivity contribution in [3.8, 4) is 0 Å². The fourth-order valence-electron chi connectivity index (χ4n) is 1.10. The number of rotatable bonds is 7. The summed E-state index contributed by atoms with van der Waals surface area (Å²) < 4.78 is 0. The third-order valence-corrected chi connectivity index (χ3v) is 2.19. The monoisotopic (exact) mass is 190 g/mol. The first-order valence-corrected chi connectivity index (χ1v) is 5.08. The van der Waals surface area contributed by atoms with Gasteiger partial charge in [0.05, 0.1) is 6.10 Å². The highest BCUT2D eigenvalue weighted by molar-refractivity contribution is 6.29. The van der Waals surface area contributed by atoms with Gasteiger partial charge in [0.1, 0.15) is 0 Å². The fourth-order valence-corrected chi connectivity index (χ4v) is 1.21. The smallest absolute Gasteiger partial charge is 0.0889 e. The van der Waals surface area contributed by atoms with Crippen LogP contribution in [0.2, 0.25) is 0 Å². The van der Waals surface area contributed by atoms with Crippen LogP contribution in [-0.4, -0.2) is 11.2 Å². The van der Waals surface area contributed by atoms with Crippen LogP contribution >= 0.6 is 11.6 Å². The molecule has 0 aromatic carbocycles. The molecule has 1 nitrogen and oxygen atoms in total. The van der Waals surface area contributed by atoms with E-state index in [1.807, 2.05) is 0 Å². The molecule has 0 radical (unpaired) electrons. The van der Waals surface area contributed by atoms with Gasteiger partial charge in [0.15, 0.2) is 0 Å². The van der Waals surface area contributed by atoms with Crippen LogP contribution in [0.25, 0.3) is 0 Å². The maximum absolute atomic E-state index is 9.25. The van der Waals surface area contributed by atoms with Gasteiger partial charge in [-0.1, -0.05) is 57.2 Å². The zero-order valence-corrected chi connectivity index (χ0v) is 8.61. The van der Waals surface area contributed by atoms with Gasteiger partial charge in [-0.15, -0.1) is 0 Å². The number of unbranched alkanes of at least 4 members (excludes halogenated alkanes) is 4. The molecule has 0 spiro atoms. The van der Waals surface area contributed by atoms with Crippen molar-refractivity contribution in [3.05, 3.63) is 11.6 Å². The van der Waals surface area contributed by atoms with Crippen molar-refractivity contribution in [1.29, 1.82) is 0 Å². The third kappa shape index (κ3) is 6.68. The molecule has 0 amide bonds. The summed E-state index contributed by atoms with van der Waals surface area (Å²) in [4.78, 5) is 0. The first-order chi connectivity index (χ1) is 5.68. The lowest BCUT2D eigenvalue weighted by Crippen LogP contribution is -2.04. The van der Waals surface area contributed by atoms with Crippen LogP contribution in [0, 0.1) is 0 Å². The zero-order chi connectivity index (χ0) is 9.40. The lowest BCUT2D eigenvalue weighted by molar-refractivity contribution is 0.204. The molecule has 2 heteroatoms. The molecule has 0 aliphatic carbocycles. The average molecular weight is 191 g/mol. The normalized spacial score (nSPS) is 12.9. The van der Waals surface area contributed by atoms with Gasteiger partial charge < -0.3 is 5.11 Å². The molecule has 0 heterocycles. The van der Waals surface area contributed by atoms with Crippen molar-refractivity contribution in [3.63, 3.8) is 0 Å². The first kappa shape index (κ1) is 12.0. The van der Waals surface area contributed by atoms with E-state index >= 15 is 0 Å². The van der Waals surface area contributed by atoms with Crippen molar-refractivity contribution in [2.75, 3.05) is 0 Å². The van der Waals surface area contributed by atoms with Crippen molar-refractivity contribution < 1.29 is 5.11 Å². The summed E-state index contributed by atoms with van der Waals surface area (Å²) in [6.07, 6.45) is 6.29. The minimum atomic E-state index is -0.506. The molecule has 0 bridgehead atoms. The van der Waals surface area contributed by atoms with Crippen molar-refractivity contribution in [2.45, 2.75) is 51.6 Å². The Labute approximate surface area is 80.4 Å². The van der Waals surface area contributed by atoms with Gasteiger partial charge in [-0.25, -0.2) is 0 Å². The quantitative estimate of drug-likeness (QED) is 0.610. The Kier molecular flexibility index (Phi) is 7.62. The van der Waals surface area contributed by atoms with Crippen LogP contribution in [0.1, 0.15) is 45.4 Å². The molecule has 1 unspecified atom stereocenters. The van der Waals surface area contributed by atoms with Gasteiger partial charge in [-0.2, -0.15) is 0 Å². The SMILES string of the molecule is C=C(Cl)C(O)CCCCCCC. The minimum absolute atomic E-state index is 0.366. The first-order valence-electron chi connectivity index (χ1n) is 4.70. The molecule has 0 fully saturated rings. The summed E-state index contributed by atoms with van der Waals surface area (Å²) in [6, 6.07) is 0. The van der Waals surface area contributed by atoms with E-state index in [9.17, 15) is 5.11 Å². The Morgan fingerprint density at radius 2 is 1.92 bits per heavy atom. The number of hydrogen-bond acceptors (Lipinski definition) is 1. The predicted octanol–water partition coefficient (Wildman–Crippen LogP) is 3.46. The van der Waals surface area contributed by atoms with Crippen LogP contribution in [0.4, 0.5) is 0 Å². The van der Waals surface area contributed by atoms with Crippen LogP contribution in [0.3, 0.4) is 0 Å². The average Bonchev–Trinajstić information content (AvgIpc) is 2.03. The fraction of sp³-hybridized carbons (Fsp3) is 0.800. The minimum Gasteiger partial charge on any atom is -0.388 e. The maximum atomic E-state index is 9.25. The van der Waals surface area contributed by atoms with E-state index in [2.05, 4.69) is 13.5 Å². The topological polar surface area (TPSA) is 20.2 Å². The Bertz CT molecular complexity index is 123. The van der Waals surface area contributed by atoms with E-state index in [0.717, 1.165) is 12.8 Å². The maximum Gasteiger partial charge on any atom is 0.0889 e. The van der Waals surface area contributed by atoms with Crippen molar-refractivity contribution >= 4 is 11.6 Å². The van der Waals surface area contributed by atoms with Crippen molar-refractivity contribution in [1.82, 2.24) is 0 Å². The summed E-state index contributed by atoms with van der Waals surface area (Å²) in [5, 5.41) is 9.62. The van der Waals surface area contributed by atoms with Gasteiger partial charge >= 0.3 is 0 Å². The van der Waals surface area contributed by atoms with E-state index < -0.39 is 6.10 Å². The number of aliphatic hydroxyl groups excluding tert-OH is 1. The van der Waals surface area contributed by atoms with E-state index in [0.29, 0.717) is 5.03 Å². The highest BCUT2D eigenvalue weighted by Crippen LogP contribution is 2.13. The van der Waals surface area contributed by atoms with E-state index in [-0.39, 0.29) is 0 Å². The van der Waals surface area contributed by atoms with Crippen LogP contribution < -0.4 is 0 Å². The molecule has 0 aliphatic rings. The lowest BCUT2D eigenvalue weighted by atomic mass is 10.1. The molecule has 0 saturated carbocycles. The highest BCUT2D eigenvalue weighted by Gasteiger charge is 2.04. The predicted molar refractivity (Wildman–Crippen MR) is 54.4 cm³/mol. The molecule has 1 N–H and O–H groups in total. The second-order valence-corrected chi connectivity index (χ2v) is 3.65. The molecule has 72 valence electrons. The highest BCUT2D eigenvalue weighted by atomic mass is 35.5. The molecule has 1 atom stereocenters. The summed E-state index contributed by atoms with van der Waals surface area (Å²) in [5.74, 6) is 0. The zero-order valence-electron chi connectivity index (χ0n) is 7.85. The Morgan fingerprint density at radius 3 is 2.42 bits per heavy atom. The third-order valence-electron chi connectivity index (χ3n) is 1.94. The molecular weight excluding hydrogens is 172 g/mol. The molecule has 0 aromatic heterocycles. The van der Waals surface area contributed by atoms with Crippen LogP contribution in [-0.2, 0) is 0 Å². The summed E-state index contributed by atoms with van der Waals surface area (Å²) in [7, 11) is 0. The van der Waals surface area contributed by atoms with Gasteiger partial charge in [0.2, 0.25) is 0 Å². The van der Waals surface area contributed by atoms with Gasteiger partial charge in [0, 0.05) is 5.03 Å². The summed E-state index contributed by atoms with van der Waals surface area (Å²) >= 11 is 5.52. The Balaban J connectivity index is 3.14. The molecule has 0 rings (SSSR count). The van der Waals surface area contributed by atoms with E-state index in [4.69, 9.17) is 11.6 Å². The standard InChI is InChI=1S/C10H19ClO/c1-3-4-5-6-7-8-10(12)9(2)11/h10,12H,2-8H2,1H3. The van der Waals surface area contributed by atoms with Crippen LogP contribution in [0.15, 0.2) is 11.6 Å². The molecular formula is C10H19ClO. The second kappa shape index (κ2) is 7.63. The summed E-state index contributed by atoms with van der Waals surface area (Å²) in [6.45, 7) is 5.68. The lowest BCUT2D eigenvalue weighted by Gasteiger charge is -2.07. The largest absolute Gasteiger partial charge is 0.388 e. The molecule has 0 aromatic rings. The van der Waals surface area contributed by atoms with Crippen molar-refractivity contribution in [2.24, 2.45) is 0 Å². The Morgan fingerprint density at radius 1 is 1.33 bits per heavy atom. The molecule has 0 saturated heterocycles. The number of aliphatic hydroxyl groups is 1.